The highest BCUT2D eigenvalue weighted by atomic mass is 16.1. The Morgan fingerprint density at radius 2 is 1.14 bits per heavy atom. The summed E-state index contributed by atoms with van der Waals surface area (Å²) in [6.45, 7) is 1.46. The minimum absolute atomic E-state index is 0.00944. The Morgan fingerprint density at radius 3 is 1.71 bits per heavy atom. The first-order valence-corrected chi connectivity index (χ1v) is 10.0. The van der Waals surface area contributed by atoms with E-state index in [2.05, 4.69) is 41.7 Å². The molecule has 1 amide bonds. The van der Waals surface area contributed by atoms with Crippen molar-refractivity contribution in [2.45, 2.75) is 25.7 Å². The summed E-state index contributed by atoms with van der Waals surface area (Å²) < 4.78 is 0. The summed E-state index contributed by atoms with van der Waals surface area (Å²) in [5.74, 6) is -0.00944. The van der Waals surface area contributed by atoms with Crippen LogP contribution in [0.3, 0.4) is 0 Å². The van der Waals surface area contributed by atoms with E-state index in [-0.39, 0.29) is 5.91 Å². The molecule has 3 N–H and O–H groups in total. The normalized spacial score (nSPS) is 10.6. The predicted octanol–water partition coefficient (Wildman–Crippen LogP) is 5.27. The Hall–Kier alpha value is -2.91. The van der Waals surface area contributed by atoms with Gasteiger partial charge in [0.05, 0.1) is 0 Å². The van der Waals surface area contributed by atoms with E-state index in [0.29, 0.717) is 12.1 Å². The van der Waals surface area contributed by atoms with Gasteiger partial charge in [-0.15, -0.1) is 0 Å². The number of unbranched alkanes of at least 4 members (excludes halogenated alkanes) is 3. The van der Waals surface area contributed by atoms with E-state index >= 15 is 0 Å². The van der Waals surface area contributed by atoms with E-state index < -0.39 is 0 Å². The third kappa shape index (κ3) is 5.54. The predicted molar refractivity (Wildman–Crippen MR) is 117 cm³/mol. The van der Waals surface area contributed by atoms with Gasteiger partial charge in [-0.2, -0.15) is 0 Å². The van der Waals surface area contributed by atoms with Gasteiger partial charge in [0, 0.05) is 12.1 Å². The molecule has 0 spiro atoms. The van der Waals surface area contributed by atoms with E-state index in [9.17, 15) is 4.79 Å². The lowest BCUT2D eigenvalue weighted by Gasteiger charge is -2.08. The maximum absolute atomic E-state index is 12.3. The van der Waals surface area contributed by atoms with Crippen molar-refractivity contribution < 1.29 is 4.79 Å². The maximum Gasteiger partial charge on any atom is 0.251 e. The Bertz CT molecular complexity index is 855. The zero-order valence-electron chi connectivity index (χ0n) is 16.2. The Balaban J connectivity index is 1.56. The molecule has 144 valence electrons. The molecular weight excluding hydrogens is 344 g/mol. The summed E-state index contributed by atoms with van der Waals surface area (Å²) in [5.41, 5.74) is 10.9. The molecule has 3 aromatic rings. The van der Waals surface area contributed by atoms with Crippen molar-refractivity contribution in [3.05, 3.63) is 84.4 Å². The highest BCUT2D eigenvalue weighted by molar-refractivity contribution is 5.94. The lowest BCUT2D eigenvalue weighted by molar-refractivity contribution is 0.0953. The SMILES string of the molecule is NCCCCCCNC(=O)c1ccc(-c2ccc(-c3ccccc3)cc2)cc1. The fourth-order valence-corrected chi connectivity index (χ4v) is 3.23. The van der Waals surface area contributed by atoms with Gasteiger partial charge in [-0.05, 0) is 53.8 Å². The van der Waals surface area contributed by atoms with Crippen molar-refractivity contribution in [3.8, 4) is 22.3 Å². The summed E-state index contributed by atoms with van der Waals surface area (Å²) >= 11 is 0. The molecule has 0 aliphatic heterocycles. The highest BCUT2D eigenvalue weighted by Gasteiger charge is 2.06. The summed E-state index contributed by atoms with van der Waals surface area (Å²) in [5, 5.41) is 2.99. The highest BCUT2D eigenvalue weighted by Crippen LogP contribution is 2.25. The molecular formula is C25H28N2O. The van der Waals surface area contributed by atoms with Gasteiger partial charge >= 0.3 is 0 Å². The van der Waals surface area contributed by atoms with Crippen molar-refractivity contribution in [2.75, 3.05) is 13.1 Å². The number of carbonyl (C=O) groups is 1. The summed E-state index contributed by atoms with van der Waals surface area (Å²) in [6.07, 6.45) is 4.29. The molecule has 3 aromatic carbocycles. The smallest absolute Gasteiger partial charge is 0.251 e. The van der Waals surface area contributed by atoms with Gasteiger partial charge in [-0.1, -0.05) is 79.6 Å². The third-order valence-corrected chi connectivity index (χ3v) is 4.89. The van der Waals surface area contributed by atoms with E-state index in [0.717, 1.165) is 43.4 Å². The summed E-state index contributed by atoms with van der Waals surface area (Å²) in [6, 6.07) is 26.7. The van der Waals surface area contributed by atoms with Crippen LogP contribution in [0.2, 0.25) is 0 Å². The van der Waals surface area contributed by atoms with Crippen LogP contribution in [0.4, 0.5) is 0 Å². The number of amides is 1. The van der Waals surface area contributed by atoms with Crippen LogP contribution in [0, 0.1) is 0 Å². The van der Waals surface area contributed by atoms with Crippen LogP contribution in [0.25, 0.3) is 22.3 Å². The molecule has 0 aliphatic rings. The second kappa shape index (κ2) is 10.4. The molecule has 0 bridgehead atoms. The quantitative estimate of drug-likeness (QED) is 0.503. The number of rotatable bonds is 9. The van der Waals surface area contributed by atoms with E-state index in [1.807, 2.05) is 42.5 Å². The second-order valence-electron chi connectivity index (χ2n) is 6.98. The molecule has 0 atom stereocenters. The average Bonchev–Trinajstić information content (AvgIpc) is 2.77. The number of hydrogen-bond donors (Lipinski definition) is 2. The van der Waals surface area contributed by atoms with Crippen LogP contribution in [0.5, 0.6) is 0 Å². The van der Waals surface area contributed by atoms with Crippen LogP contribution >= 0.6 is 0 Å². The second-order valence-corrected chi connectivity index (χ2v) is 6.98. The van der Waals surface area contributed by atoms with Crippen molar-refractivity contribution in [2.24, 2.45) is 5.73 Å². The average molecular weight is 373 g/mol. The Morgan fingerprint density at radius 1 is 0.643 bits per heavy atom. The minimum atomic E-state index is -0.00944. The molecule has 0 unspecified atom stereocenters. The van der Waals surface area contributed by atoms with Crippen molar-refractivity contribution >= 4 is 5.91 Å². The van der Waals surface area contributed by atoms with Gasteiger partial charge in [-0.3, -0.25) is 4.79 Å². The van der Waals surface area contributed by atoms with Crippen LogP contribution in [-0.2, 0) is 0 Å². The first-order chi connectivity index (χ1) is 13.8. The molecule has 0 aliphatic carbocycles. The molecule has 0 radical (unpaired) electrons. The molecule has 0 aromatic heterocycles. The largest absolute Gasteiger partial charge is 0.352 e. The van der Waals surface area contributed by atoms with Crippen molar-refractivity contribution in [1.82, 2.24) is 5.32 Å². The van der Waals surface area contributed by atoms with E-state index in [1.54, 1.807) is 0 Å². The fraction of sp³-hybridized carbons (Fsp3) is 0.240. The van der Waals surface area contributed by atoms with Gasteiger partial charge in [0.15, 0.2) is 0 Å². The molecule has 0 fully saturated rings. The zero-order chi connectivity index (χ0) is 19.6. The molecule has 0 heterocycles. The van der Waals surface area contributed by atoms with E-state index in [1.165, 1.54) is 11.1 Å². The van der Waals surface area contributed by atoms with Crippen LogP contribution in [0.1, 0.15) is 36.0 Å². The fourth-order valence-electron chi connectivity index (χ4n) is 3.23. The topological polar surface area (TPSA) is 55.1 Å². The lowest BCUT2D eigenvalue weighted by atomic mass is 9.99. The number of nitrogens with two attached hydrogens (primary N) is 1. The summed E-state index contributed by atoms with van der Waals surface area (Å²) in [4.78, 5) is 12.3. The molecule has 0 saturated carbocycles. The minimum Gasteiger partial charge on any atom is -0.352 e. The van der Waals surface area contributed by atoms with Crippen molar-refractivity contribution in [1.29, 1.82) is 0 Å². The van der Waals surface area contributed by atoms with Crippen LogP contribution in [0.15, 0.2) is 78.9 Å². The number of benzene rings is 3. The monoisotopic (exact) mass is 372 g/mol. The van der Waals surface area contributed by atoms with Crippen molar-refractivity contribution in [3.63, 3.8) is 0 Å². The third-order valence-electron chi connectivity index (χ3n) is 4.89. The van der Waals surface area contributed by atoms with Gasteiger partial charge < -0.3 is 11.1 Å². The standard InChI is InChI=1S/C25H28N2O/c26-18-6-1-2-7-19-27-25(28)24-16-14-23(15-17-24)22-12-10-21(11-13-22)20-8-4-3-5-9-20/h3-5,8-17H,1-2,6-7,18-19,26H2,(H,27,28). The number of hydrogen-bond acceptors (Lipinski definition) is 2. The van der Waals surface area contributed by atoms with Gasteiger partial charge in [0.2, 0.25) is 0 Å². The van der Waals surface area contributed by atoms with Crippen LogP contribution < -0.4 is 11.1 Å². The van der Waals surface area contributed by atoms with Gasteiger partial charge in [-0.25, -0.2) is 0 Å². The first kappa shape index (κ1) is 19.8. The first-order valence-electron chi connectivity index (χ1n) is 10.0. The summed E-state index contributed by atoms with van der Waals surface area (Å²) in [7, 11) is 0. The molecule has 28 heavy (non-hydrogen) atoms. The molecule has 3 heteroatoms. The Kier molecular flexibility index (Phi) is 7.39. The van der Waals surface area contributed by atoms with Crippen LogP contribution in [-0.4, -0.2) is 19.0 Å². The molecule has 3 nitrogen and oxygen atoms in total. The number of nitrogens with one attached hydrogen (secondary N) is 1. The van der Waals surface area contributed by atoms with E-state index in [4.69, 9.17) is 5.73 Å². The molecule has 0 saturated heterocycles. The maximum atomic E-state index is 12.3. The van der Waals surface area contributed by atoms with Gasteiger partial charge in [0.25, 0.3) is 5.91 Å². The number of carbonyl (C=O) groups excluding carboxylic acids is 1. The lowest BCUT2D eigenvalue weighted by Crippen LogP contribution is -2.24. The molecule has 3 rings (SSSR count). The zero-order valence-corrected chi connectivity index (χ0v) is 16.2. The van der Waals surface area contributed by atoms with Gasteiger partial charge in [0.1, 0.15) is 0 Å². The Labute approximate surface area is 167 Å².